The highest BCUT2D eigenvalue weighted by atomic mass is 16.5. The Morgan fingerprint density at radius 3 is 2.04 bits per heavy atom. The standard InChI is InChI=1S/C22H34O2/c1-22(2,3)17-14-19(16-10-6-4-7-11-16)21(23)20(15-17)24-18-12-8-5-9-13-18/h14-16,18,23H,4-13H2,1-3H3. The van der Waals surface area contributed by atoms with Crippen molar-refractivity contribution < 1.29 is 9.84 Å². The summed E-state index contributed by atoms with van der Waals surface area (Å²) in [5.41, 5.74) is 2.49. The van der Waals surface area contributed by atoms with Gasteiger partial charge in [-0.3, -0.25) is 0 Å². The van der Waals surface area contributed by atoms with Crippen LogP contribution in [0.4, 0.5) is 0 Å². The van der Waals surface area contributed by atoms with Crippen molar-refractivity contribution in [2.45, 2.75) is 102 Å². The Morgan fingerprint density at radius 1 is 0.875 bits per heavy atom. The van der Waals surface area contributed by atoms with Crippen molar-refractivity contribution >= 4 is 0 Å². The normalized spacial score (nSPS) is 21.0. The molecule has 2 aliphatic rings. The molecule has 2 fully saturated rings. The molecule has 1 aromatic carbocycles. The molecule has 0 spiro atoms. The van der Waals surface area contributed by atoms with Crippen LogP contribution in [-0.4, -0.2) is 11.2 Å². The second kappa shape index (κ2) is 7.37. The Balaban J connectivity index is 1.93. The minimum absolute atomic E-state index is 0.0712. The second-order valence-corrected chi connectivity index (χ2v) is 8.88. The van der Waals surface area contributed by atoms with Crippen molar-refractivity contribution in [1.82, 2.24) is 0 Å². The van der Waals surface area contributed by atoms with Gasteiger partial charge in [0.1, 0.15) is 0 Å². The summed E-state index contributed by atoms with van der Waals surface area (Å²) in [4.78, 5) is 0. The van der Waals surface area contributed by atoms with Crippen molar-refractivity contribution in [3.63, 3.8) is 0 Å². The molecule has 0 unspecified atom stereocenters. The number of rotatable bonds is 3. The van der Waals surface area contributed by atoms with Crippen LogP contribution in [0.3, 0.4) is 0 Å². The van der Waals surface area contributed by atoms with E-state index < -0.39 is 0 Å². The highest BCUT2D eigenvalue weighted by Gasteiger charge is 2.26. The molecule has 0 heterocycles. The van der Waals surface area contributed by atoms with Crippen LogP contribution in [0.15, 0.2) is 12.1 Å². The van der Waals surface area contributed by atoms with E-state index in [2.05, 4.69) is 32.9 Å². The van der Waals surface area contributed by atoms with E-state index in [1.807, 2.05) is 0 Å². The number of phenolic OH excluding ortho intramolecular Hbond substituents is 1. The average molecular weight is 331 g/mol. The van der Waals surface area contributed by atoms with Gasteiger partial charge < -0.3 is 9.84 Å². The minimum Gasteiger partial charge on any atom is -0.504 e. The molecule has 3 rings (SSSR count). The van der Waals surface area contributed by atoms with E-state index in [1.54, 1.807) is 0 Å². The molecule has 0 saturated heterocycles. The smallest absolute Gasteiger partial charge is 0.161 e. The molecule has 1 N–H and O–H groups in total. The van der Waals surface area contributed by atoms with Crippen LogP contribution in [-0.2, 0) is 5.41 Å². The largest absolute Gasteiger partial charge is 0.504 e. The number of hydrogen-bond donors (Lipinski definition) is 1. The summed E-state index contributed by atoms with van der Waals surface area (Å²) in [6.45, 7) is 6.73. The summed E-state index contributed by atoms with van der Waals surface area (Å²) in [5, 5.41) is 10.9. The van der Waals surface area contributed by atoms with Crippen LogP contribution in [0.5, 0.6) is 11.5 Å². The van der Waals surface area contributed by atoms with Gasteiger partial charge in [-0.2, -0.15) is 0 Å². The summed E-state index contributed by atoms with van der Waals surface area (Å²) in [6.07, 6.45) is 12.6. The average Bonchev–Trinajstić information content (AvgIpc) is 2.57. The van der Waals surface area contributed by atoms with Crippen LogP contribution in [0.2, 0.25) is 0 Å². The molecule has 2 saturated carbocycles. The second-order valence-electron chi connectivity index (χ2n) is 8.88. The molecule has 24 heavy (non-hydrogen) atoms. The van der Waals surface area contributed by atoms with Gasteiger partial charge in [0.05, 0.1) is 6.10 Å². The third-order valence-electron chi connectivity index (χ3n) is 5.86. The van der Waals surface area contributed by atoms with Crippen molar-refractivity contribution in [3.05, 3.63) is 23.3 Å². The maximum absolute atomic E-state index is 10.9. The van der Waals surface area contributed by atoms with Gasteiger partial charge in [-0.25, -0.2) is 0 Å². The Morgan fingerprint density at radius 2 is 1.46 bits per heavy atom. The Bertz CT molecular complexity index is 544. The molecule has 0 aliphatic heterocycles. The zero-order chi connectivity index (χ0) is 17.2. The number of phenols is 1. The summed E-state index contributed by atoms with van der Waals surface area (Å²) in [5.74, 6) is 1.64. The van der Waals surface area contributed by atoms with Crippen molar-refractivity contribution in [1.29, 1.82) is 0 Å². The van der Waals surface area contributed by atoms with Crippen LogP contribution in [0, 0.1) is 0 Å². The third-order valence-corrected chi connectivity index (χ3v) is 5.86. The van der Waals surface area contributed by atoms with E-state index in [0.29, 0.717) is 11.7 Å². The molecule has 0 atom stereocenters. The molecule has 0 radical (unpaired) electrons. The summed E-state index contributed by atoms with van der Waals surface area (Å²) in [7, 11) is 0. The quantitative estimate of drug-likeness (QED) is 0.690. The third kappa shape index (κ3) is 4.07. The van der Waals surface area contributed by atoms with E-state index in [4.69, 9.17) is 4.74 Å². The molecule has 0 aromatic heterocycles. The molecule has 134 valence electrons. The summed E-state index contributed by atoms with van der Waals surface area (Å²) >= 11 is 0. The number of aromatic hydroxyl groups is 1. The van der Waals surface area contributed by atoms with Crippen molar-refractivity contribution in [2.75, 3.05) is 0 Å². The zero-order valence-electron chi connectivity index (χ0n) is 15.7. The fraction of sp³-hybridized carbons (Fsp3) is 0.727. The molecular weight excluding hydrogens is 296 g/mol. The van der Waals surface area contributed by atoms with Gasteiger partial charge in [0.15, 0.2) is 11.5 Å². The highest BCUT2D eigenvalue weighted by Crippen LogP contribution is 2.44. The zero-order valence-corrected chi connectivity index (χ0v) is 15.7. The molecule has 0 bridgehead atoms. The minimum atomic E-state index is 0.0712. The van der Waals surface area contributed by atoms with E-state index in [1.165, 1.54) is 56.9 Å². The lowest BCUT2D eigenvalue weighted by Crippen LogP contribution is -2.21. The molecule has 1 aromatic rings. The fourth-order valence-electron chi connectivity index (χ4n) is 4.24. The SMILES string of the molecule is CC(C)(C)c1cc(OC2CCCCC2)c(O)c(C2CCCCC2)c1. The first-order valence-electron chi connectivity index (χ1n) is 9.99. The predicted octanol–water partition coefficient (Wildman–Crippen LogP) is 6.45. The Labute approximate surface area is 147 Å². The monoisotopic (exact) mass is 330 g/mol. The lowest BCUT2D eigenvalue weighted by molar-refractivity contribution is 0.149. The van der Waals surface area contributed by atoms with Gasteiger partial charge in [-0.1, -0.05) is 52.5 Å². The van der Waals surface area contributed by atoms with Crippen LogP contribution in [0.25, 0.3) is 0 Å². The summed E-state index contributed by atoms with van der Waals surface area (Å²) in [6, 6.07) is 4.34. The van der Waals surface area contributed by atoms with Crippen molar-refractivity contribution in [3.8, 4) is 11.5 Å². The van der Waals surface area contributed by atoms with Crippen LogP contribution in [0.1, 0.15) is 102 Å². The molecule has 2 heteroatoms. The van der Waals surface area contributed by atoms with Gasteiger partial charge >= 0.3 is 0 Å². The molecule has 2 nitrogen and oxygen atoms in total. The summed E-state index contributed by atoms with van der Waals surface area (Å²) < 4.78 is 6.30. The molecule has 0 amide bonds. The first-order chi connectivity index (χ1) is 11.4. The van der Waals surface area contributed by atoms with E-state index in [-0.39, 0.29) is 11.5 Å². The predicted molar refractivity (Wildman–Crippen MR) is 100 cm³/mol. The van der Waals surface area contributed by atoms with Crippen LogP contribution >= 0.6 is 0 Å². The highest BCUT2D eigenvalue weighted by molar-refractivity contribution is 5.51. The van der Waals surface area contributed by atoms with E-state index >= 15 is 0 Å². The molecular formula is C22H34O2. The van der Waals surface area contributed by atoms with Gasteiger partial charge in [0, 0.05) is 5.56 Å². The first kappa shape index (κ1) is 17.6. The van der Waals surface area contributed by atoms with Crippen LogP contribution < -0.4 is 4.74 Å². The molecule has 2 aliphatic carbocycles. The van der Waals surface area contributed by atoms with Gasteiger partial charge in [-0.15, -0.1) is 0 Å². The first-order valence-corrected chi connectivity index (χ1v) is 9.99. The maximum atomic E-state index is 10.9. The number of benzene rings is 1. The van der Waals surface area contributed by atoms with Gasteiger partial charge in [0.25, 0.3) is 0 Å². The number of ether oxygens (including phenoxy) is 1. The topological polar surface area (TPSA) is 29.5 Å². The Hall–Kier alpha value is -1.18. The number of hydrogen-bond acceptors (Lipinski definition) is 2. The lowest BCUT2D eigenvalue weighted by Gasteiger charge is -2.29. The van der Waals surface area contributed by atoms with E-state index in [0.717, 1.165) is 24.2 Å². The fourth-order valence-corrected chi connectivity index (χ4v) is 4.24. The lowest BCUT2D eigenvalue weighted by atomic mass is 9.79. The van der Waals surface area contributed by atoms with E-state index in [9.17, 15) is 5.11 Å². The van der Waals surface area contributed by atoms with Gasteiger partial charge in [-0.05, 0) is 61.5 Å². The Kier molecular flexibility index (Phi) is 5.42. The maximum Gasteiger partial charge on any atom is 0.161 e. The van der Waals surface area contributed by atoms with Crippen molar-refractivity contribution in [2.24, 2.45) is 0 Å². The van der Waals surface area contributed by atoms with Gasteiger partial charge in [0.2, 0.25) is 0 Å².